The van der Waals surface area contributed by atoms with Crippen molar-refractivity contribution >= 4 is 29.2 Å². The third kappa shape index (κ3) is 2.06. The Kier molecular flexibility index (Phi) is 2.12. The monoisotopic (exact) mass is 221 g/mol. The van der Waals surface area contributed by atoms with Gasteiger partial charge in [-0.2, -0.15) is 0 Å². The van der Waals surface area contributed by atoms with Crippen LogP contribution in [0.3, 0.4) is 0 Å². The van der Waals surface area contributed by atoms with Crippen molar-refractivity contribution in [3.05, 3.63) is 5.89 Å². The number of aryl methyl sites for hydroxylation is 1. The summed E-state index contributed by atoms with van der Waals surface area (Å²) in [6.45, 7) is 2.41. The molecule has 1 heterocycles. The molecule has 0 spiro atoms. The van der Waals surface area contributed by atoms with E-state index < -0.39 is 4.33 Å². The summed E-state index contributed by atoms with van der Waals surface area (Å²) in [6.07, 6.45) is 0.816. The lowest BCUT2D eigenvalue weighted by molar-refractivity contribution is 0.529. The molecular formula is C7H9Cl2N3O. The van der Waals surface area contributed by atoms with Gasteiger partial charge in [-0.1, -0.05) is 5.10 Å². The maximum Gasteiger partial charge on any atom is 0.315 e. The fourth-order valence-corrected chi connectivity index (χ4v) is 1.60. The van der Waals surface area contributed by atoms with Crippen molar-refractivity contribution in [2.75, 3.05) is 11.9 Å². The van der Waals surface area contributed by atoms with Crippen LogP contribution < -0.4 is 5.32 Å². The topological polar surface area (TPSA) is 51.0 Å². The van der Waals surface area contributed by atoms with Gasteiger partial charge in [0.05, 0.1) is 0 Å². The van der Waals surface area contributed by atoms with E-state index in [-0.39, 0.29) is 5.92 Å². The average Bonchev–Trinajstić information content (AvgIpc) is 2.45. The molecule has 72 valence electrons. The van der Waals surface area contributed by atoms with Crippen molar-refractivity contribution in [3.8, 4) is 0 Å². The van der Waals surface area contributed by atoms with Crippen LogP contribution in [0.15, 0.2) is 4.42 Å². The number of halogens is 2. The molecule has 4 nitrogen and oxygen atoms in total. The lowest BCUT2D eigenvalue weighted by atomic mass is 10.4. The first-order valence-corrected chi connectivity index (χ1v) is 4.75. The van der Waals surface area contributed by atoms with Crippen LogP contribution in [-0.2, 0) is 0 Å². The molecule has 1 aliphatic carbocycles. The number of rotatable bonds is 3. The Morgan fingerprint density at radius 1 is 1.62 bits per heavy atom. The van der Waals surface area contributed by atoms with Gasteiger partial charge in [0, 0.05) is 19.4 Å². The first kappa shape index (κ1) is 9.09. The summed E-state index contributed by atoms with van der Waals surface area (Å²) in [6, 6.07) is 0.425. The Hall–Kier alpha value is -0.480. The van der Waals surface area contributed by atoms with Gasteiger partial charge in [0.15, 0.2) is 0 Å². The van der Waals surface area contributed by atoms with Crippen LogP contribution in [0.4, 0.5) is 6.01 Å². The number of alkyl halides is 2. The minimum atomic E-state index is -0.554. The van der Waals surface area contributed by atoms with Crippen LogP contribution in [0.2, 0.25) is 0 Å². The lowest BCUT2D eigenvalue weighted by Crippen LogP contribution is -2.07. The zero-order valence-corrected chi connectivity index (χ0v) is 8.56. The summed E-state index contributed by atoms with van der Waals surface area (Å²) >= 11 is 11.7. The highest BCUT2D eigenvalue weighted by molar-refractivity contribution is 6.50. The Bertz CT molecular complexity index is 312. The molecule has 0 amide bonds. The maximum absolute atomic E-state index is 5.84. The van der Waals surface area contributed by atoms with E-state index in [1.807, 2.05) is 0 Å². The molecule has 13 heavy (non-hydrogen) atoms. The molecule has 1 unspecified atom stereocenters. The summed E-state index contributed by atoms with van der Waals surface area (Å²) in [5, 5.41) is 10.4. The second-order valence-corrected chi connectivity index (χ2v) is 4.71. The molecule has 2 rings (SSSR count). The summed E-state index contributed by atoms with van der Waals surface area (Å²) in [5.74, 6) is 0.823. The molecule has 1 aromatic heterocycles. The van der Waals surface area contributed by atoms with Gasteiger partial charge >= 0.3 is 6.01 Å². The Balaban J connectivity index is 1.81. The van der Waals surface area contributed by atoms with E-state index in [0.717, 1.165) is 6.42 Å². The number of aromatic nitrogens is 2. The third-order valence-electron chi connectivity index (χ3n) is 1.98. The van der Waals surface area contributed by atoms with Crippen LogP contribution in [0.5, 0.6) is 0 Å². The van der Waals surface area contributed by atoms with Gasteiger partial charge in [0.1, 0.15) is 4.33 Å². The summed E-state index contributed by atoms with van der Waals surface area (Å²) in [5.41, 5.74) is 0. The quantitative estimate of drug-likeness (QED) is 0.794. The van der Waals surface area contributed by atoms with Crippen LogP contribution in [0.1, 0.15) is 12.3 Å². The van der Waals surface area contributed by atoms with E-state index in [2.05, 4.69) is 15.5 Å². The van der Waals surface area contributed by atoms with Gasteiger partial charge < -0.3 is 9.73 Å². The fourth-order valence-electron chi connectivity index (χ4n) is 1.07. The predicted molar refractivity (Wildman–Crippen MR) is 50.1 cm³/mol. The summed E-state index contributed by atoms with van der Waals surface area (Å²) in [7, 11) is 0. The van der Waals surface area contributed by atoms with E-state index in [1.54, 1.807) is 6.92 Å². The predicted octanol–water partition coefficient (Wildman–Crippen LogP) is 1.98. The summed E-state index contributed by atoms with van der Waals surface area (Å²) in [4.78, 5) is 0. The van der Waals surface area contributed by atoms with Crippen molar-refractivity contribution in [3.63, 3.8) is 0 Å². The van der Waals surface area contributed by atoms with Crippen molar-refractivity contribution in [2.24, 2.45) is 5.92 Å². The van der Waals surface area contributed by atoms with Gasteiger partial charge in [0.25, 0.3) is 0 Å². The zero-order chi connectivity index (χ0) is 9.47. The van der Waals surface area contributed by atoms with Crippen LogP contribution in [0.25, 0.3) is 0 Å². The first-order chi connectivity index (χ1) is 6.08. The smallest absolute Gasteiger partial charge is 0.315 e. The van der Waals surface area contributed by atoms with E-state index >= 15 is 0 Å². The molecule has 6 heteroatoms. The molecule has 1 aromatic rings. The molecule has 1 saturated carbocycles. The van der Waals surface area contributed by atoms with Crippen molar-refractivity contribution in [1.29, 1.82) is 0 Å². The van der Waals surface area contributed by atoms with Crippen LogP contribution >= 0.6 is 23.2 Å². The van der Waals surface area contributed by atoms with Gasteiger partial charge in [0.2, 0.25) is 5.89 Å². The summed E-state index contributed by atoms with van der Waals surface area (Å²) < 4.78 is 4.56. The van der Waals surface area contributed by atoms with E-state index in [9.17, 15) is 0 Å². The largest absolute Gasteiger partial charge is 0.408 e. The molecular weight excluding hydrogens is 213 g/mol. The van der Waals surface area contributed by atoms with Crippen molar-refractivity contribution in [1.82, 2.24) is 10.2 Å². The van der Waals surface area contributed by atoms with Crippen molar-refractivity contribution in [2.45, 2.75) is 17.7 Å². The lowest BCUT2D eigenvalue weighted by Gasteiger charge is -1.99. The SMILES string of the molecule is Cc1nnc(NCC2CC2(Cl)Cl)o1. The van der Waals surface area contributed by atoms with E-state index in [4.69, 9.17) is 27.6 Å². The standard InChI is InChI=1S/C7H9Cl2N3O/c1-4-11-12-6(13-4)10-3-5-2-7(5,8)9/h5H,2-3H2,1H3,(H,10,12). The normalized spacial score (nSPS) is 24.4. The third-order valence-corrected chi connectivity index (χ3v) is 2.91. The van der Waals surface area contributed by atoms with E-state index in [1.165, 1.54) is 0 Å². The highest BCUT2D eigenvalue weighted by atomic mass is 35.5. The number of anilines is 1. The second kappa shape index (κ2) is 3.03. The fraction of sp³-hybridized carbons (Fsp3) is 0.714. The number of nitrogens with zero attached hydrogens (tertiary/aromatic N) is 2. The molecule has 0 saturated heterocycles. The van der Waals surface area contributed by atoms with Gasteiger partial charge in [-0.05, 0) is 6.42 Å². The average molecular weight is 222 g/mol. The molecule has 1 fully saturated rings. The van der Waals surface area contributed by atoms with Gasteiger partial charge in [-0.15, -0.1) is 28.3 Å². The Morgan fingerprint density at radius 2 is 2.31 bits per heavy atom. The van der Waals surface area contributed by atoms with Gasteiger partial charge in [-0.3, -0.25) is 0 Å². The highest BCUT2D eigenvalue weighted by Crippen LogP contribution is 2.52. The Morgan fingerprint density at radius 3 is 2.77 bits per heavy atom. The maximum atomic E-state index is 5.84. The van der Waals surface area contributed by atoms with Crippen LogP contribution in [0, 0.1) is 12.8 Å². The van der Waals surface area contributed by atoms with E-state index in [0.29, 0.717) is 18.5 Å². The molecule has 1 N–H and O–H groups in total. The minimum Gasteiger partial charge on any atom is -0.408 e. The number of hydrogen-bond acceptors (Lipinski definition) is 4. The second-order valence-electron chi connectivity index (χ2n) is 3.17. The molecule has 1 aliphatic rings. The van der Waals surface area contributed by atoms with Gasteiger partial charge in [-0.25, -0.2) is 0 Å². The van der Waals surface area contributed by atoms with Crippen molar-refractivity contribution < 1.29 is 4.42 Å². The number of hydrogen-bond donors (Lipinski definition) is 1. The molecule has 0 bridgehead atoms. The first-order valence-electron chi connectivity index (χ1n) is 4.00. The molecule has 0 aliphatic heterocycles. The number of nitrogens with one attached hydrogen (secondary N) is 1. The zero-order valence-electron chi connectivity index (χ0n) is 7.05. The Labute approximate surface area is 85.6 Å². The molecule has 1 atom stereocenters. The minimum absolute atomic E-state index is 0.281. The molecule has 0 aromatic carbocycles. The van der Waals surface area contributed by atoms with Crippen LogP contribution in [-0.4, -0.2) is 21.1 Å². The molecule has 0 radical (unpaired) electrons. The highest BCUT2D eigenvalue weighted by Gasteiger charge is 2.51.